The van der Waals surface area contributed by atoms with E-state index in [4.69, 9.17) is 5.73 Å². The molecule has 3 N–H and O–H groups in total. The summed E-state index contributed by atoms with van der Waals surface area (Å²) in [5, 5.41) is 2.48. The fraction of sp³-hybridized carbons (Fsp3) is 1.00. The summed E-state index contributed by atoms with van der Waals surface area (Å²) in [4.78, 5) is 2.23. The number of halogens is 3. The zero-order valence-corrected chi connectivity index (χ0v) is 9.39. The second-order valence-corrected chi connectivity index (χ2v) is 4.22. The van der Waals surface area contributed by atoms with Crippen molar-refractivity contribution in [3.63, 3.8) is 0 Å². The number of rotatable bonds is 6. The number of nitrogens with one attached hydrogen (secondary N) is 1. The summed E-state index contributed by atoms with van der Waals surface area (Å²) in [6, 6.07) is 0.244. The molecule has 0 aliphatic carbocycles. The third-order valence-electron chi connectivity index (χ3n) is 2.85. The van der Waals surface area contributed by atoms with Gasteiger partial charge < -0.3 is 11.1 Å². The van der Waals surface area contributed by atoms with Crippen LogP contribution in [0, 0.1) is 0 Å². The lowest BCUT2D eigenvalue weighted by Crippen LogP contribution is -2.41. The van der Waals surface area contributed by atoms with E-state index in [0.29, 0.717) is 13.1 Å². The van der Waals surface area contributed by atoms with Crippen LogP contribution in [0.2, 0.25) is 0 Å². The highest BCUT2D eigenvalue weighted by molar-refractivity contribution is 4.81. The quantitative estimate of drug-likeness (QED) is 0.725. The van der Waals surface area contributed by atoms with Gasteiger partial charge in [0.1, 0.15) is 0 Å². The van der Waals surface area contributed by atoms with Crippen molar-refractivity contribution in [2.45, 2.75) is 31.5 Å². The zero-order valence-electron chi connectivity index (χ0n) is 9.39. The molecule has 3 nitrogen and oxygen atoms in total. The van der Waals surface area contributed by atoms with Crippen LogP contribution in [0.25, 0.3) is 0 Å². The summed E-state index contributed by atoms with van der Waals surface area (Å²) in [6.45, 7) is 2.05. The van der Waals surface area contributed by atoms with Gasteiger partial charge >= 0.3 is 6.18 Å². The summed E-state index contributed by atoms with van der Waals surface area (Å²) in [6.07, 6.45) is -1.14. The van der Waals surface area contributed by atoms with E-state index in [2.05, 4.69) is 10.2 Å². The molecule has 96 valence electrons. The largest absolute Gasteiger partial charge is 0.401 e. The molecule has 1 fully saturated rings. The van der Waals surface area contributed by atoms with Gasteiger partial charge in [0.2, 0.25) is 0 Å². The summed E-state index contributed by atoms with van der Waals surface area (Å²) < 4.78 is 35.8. The first kappa shape index (κ1) is 13.7. The molecular weight excluding hydrogens is 219 g/mol. The lowest BCUT2D eigenvalue weighted by molar-refractivity contribution is -0.125. The van der Waals surface area contributed by atoms with Gasteiger partial charge in [-0.05, 0) is 38.9 Å². The lowest BCUT2D eigenvalue weighted by Gasteiger charge is -2.24. The zero-order chi connectivity index (χ0) is 12.0. The Morgan fingerprint density at radius 2 is 2.12 bits per heavy atom. The van der Waals surface area contributed by atoms with E-state index in [1.807, 2.05) is 0 Å². The molecule has 0 aromatic heterocycles. The van der Waals surface area contributed by atoms with E-state index in [0.717, 1.165) is 32.4 Å². The van der Waals surface area contributed by atoms with E-state index in [9.17, 15) is 13.2 Å². The van der Waals surface area contributed by atoms with Gasteiger partial charge in [-0.3, -0.25) is 4.90 Å². The first-order valence-corrected chi connectivity index (χ1v) is 5.74. The molecule has 1 unspecified atom stereocenters. The first-order chi connectivity index (χ1) is 7.53. The smallest absolute Gasteiger partial charge is 0.330 e. The SMILES string of the molecule is NCCCN1CCCC1CNCC(F)(F)F. The van der Waals surface area contributed by atoms with E-state index in [1.165, 1.54) is 0 Å². The van der Waals surface area contributed by atoms with Crippen LogP contribution in [0.1, 0.15) is 19.3 Å². The number of nitrogens with two attached hydrogens (primary N) is 1. The Hall–Kier alpha value is -0.330. The summed E-state index contributed by atoms with van der Waals surface area (Å²) in [5.41, 5.74) is 5.42. The fourth-order valence-corrected chi connectivity index (χ4v) is 2.10. The Kier molecular flexibility index (Phi) is 5.51. The predicted molar refractivity (Wildman–Crippen MR) is 57.2 cm³/mol. The van der Waals surface area contributed by atoms with Crippen LogP contribution in [-0.4, -0.2) is 49.8 Å². The second kappa shape index (κ2) is 6.42. The highest BCUT2D eigenvalue weighted by atomic mass is 19.4. The Bertz CT molecular complexity index is 196. The minimum Gasteiger partial charge on any atom is -0.330 e. The molecule has 1 aliphatic heterocycles. The molecule has 1 aliphatic rings. The van der Waals surface area contributed by atoms with Crippen LogP contribution in [0.4, 0.5) is 13.2 Å². The van der Waals surface area contributed by atoms with E-state index in [1.54, 1.807) is 0 Å². The van der Waals surface area contributed by atoms with Crippen LogP contribution in [0.5, 0.6) is 0 Å². The first-order valence-electron chi connectivity index (χ1n) is 5.74. The van der Waals surface area contributed by atoms with Crippen LogP contribution in [0.15, 0.2) is 0 Å². The average molecular weight is 239 g/mol. The van der Waals surface area contributed by atoms with Crippen molar-refractivity contribution >= 4 is 0 Å². The topological polar surface area (TPSA) is 41.3 Å². The van der Waals surface area contributed by atoms with E-state index < -0.39 is 12.7 Å². The van der Waals surface area contributed by atoms with Gasteiger partial charge in [-0.15, -0.1) is 0 Å². The number of hydrogen-bond donors (Lipinski definition) is 2. The summed E-state index contributed by atoms with van der Waals surface area (Å²) in [7, 11) is 0. The molecule has 0 bridgehead atoms. The third-order valence-corrected chi connectivity index (χ3v) is 2.85. The minimum atomic E-state index is -4.11. The number of alkyl halides is 3. The second-order valence-electron chi connectivity index (χ2n) is 4.22. The molecule has 6 heteroatoms. The molecule has 0 radical (unpaired) electrons. The molecule has 16 heavy (non-hydrogen) atoms. The van der Waals surface area contributed by atoms with Crippen molar-refractivity contribution < 1.29 is 13.2 Å². The van der Waals surface area contributed by atoms with E-state index >= 15 is 0 Å². The van der Waals surface area contributed by atoms with Gasteiger partial charge in [0.25, 0.3) is 0 Å². The Morgan fingerprint density at radius 3 is 2.75 bits per heavy atom. The Labute approximate surface area is 94.2 Å². The molecule has 1 rings (SSSR count). The normalized spacial score (nSPS) is 22.9. The number of nitrogens with zero attached hydrogens (tertiary/aromatic N) is 1. The molecule has 0 aromatic rings. The van der Waals surface area contributed by atoms with Crippen LogP contribution in [0.3, 0.4) is 0 Å². The molecule has 0 aromatic carbocycles. The minimum absolute atomic E-state index is 0.244. The molecule has 1 atom stereocenters. The highest BCUT2D eigenvalue weighted by Gasteiger charge is 2.28. The maximum Gasteiger partial charge on any atom is 0.401 e. The number of likely N-dealkylation sites (tertiary alicyclic amines) is 1. The predicted octanol–water partition coefficient (Wildman–Crippen LogP) is 0.951. The van der Waals surface area contributed by atoms with Gasteiger partial charge in [-0.2, -0.15) is 13.2 Å². The molecule has 1 saturated heterocycles. The van der Waals surface area contributed by atoms with Crippen molar-refractivity contribution in [3.8, 4) is 0 Å². The van der Waals surface area contributed by atoms with Crippen molar-refractivity contribution in [2.75, 3.05) is 32.7 Å². The van der Waals surface area contributed by atoms with Gasteiger partial charge in [0.15, 0.2) is 0 Å². The average Bonchev–Trinajstić information content (AvgIpc) is 2.60. The summed E-state index contributed by atoms with van der Waals surface area (Å²) >= 11 is 0. The van der Waals surface area contributed by atoms with Crippen molar-refractivity contribution in [3.05, 3.63) is 0 Å². The van der Waals surface area contributed by atoms with Crippen molar-refractivity contribution in [1.82, 2.24) is 10.2 Å². The highest BCUT2D eigenvalue weighted by Crippen LogP contribution is 2.17. The summed E-state index contributed by atoms with van der Waals surface area (Å²) in [5.74, 6) is 0. The van der Waals surface area contributed by atoms with Gasteiger partial charge in [-0.25, -0.2) is 0 Å². The molecular formula is C10H20F3N3. The molecule has 1 heterocycles. The van der Waals surface area contributed by atoms with Crippen LogP contribution < -0.4 is 11.1 Å². The molecule has 0 saturated carbocycles. The molecule has 0 spiro atoms. The lowest BCUT2D eigenvalue weighted by atomic mass is 10.2. The third kappa shape index (κ3) is 5.14. The van der Waals surface area contributed by atoms with Gasteiger partial charge in [0.05, 0.1) is 6.54 Å². The maximum absolute atomic E-state index is 11.9. The number of hydrogen-bond acceptors (Lipinski definition) is 3. The molecule has 0 amide bonds. The Morgan fingerprint density at radius 1 is 1.38 bits per heavy atom. The Balaban J connectivity index is 2.19. The van der Waals surface area contributed by atoms with Gasteiger partial charge in [0, 0.05) is 12.6 Å². The van der Waals surface area contributed by atoms with Crippen LogP contribution in [-0.2, 0) is 0 Å². The standard InChI is InChI=1S/C10H20F3N3/c11-10(12,13)8-15-7-9-3-1-5-16(9)6-2-4-14/h9,15H,1-8,14H2. The monoisotopic (exact) mass is 239 g/mol. The maximum atomic E-state index is 11.9. The van der Waals surface area contributed by atoms with Gasteiger partial charge in [-0.1, -0.05) is 0 Å². The van der Waals surface area contributed by atoms with E-state index in [-0.39, 0.29) is 6.04 Å². The fourth-order valence-electron chi connectivity index (χ4n) is 2.10. The van der Waals surface area contributed by atoms with Crippen molar-refractivity contribution in [1.29, 1.82) is 0 Å². The van der Waals surface area contributed by atoms with Crippen LogP contribution >= 0.6 is 0 Å². The van der Waals surface area contributed by atoms with Crippen molar-refractivity contribution in [2.24, 2.45) is 5.73 Å².